The second-order valence-corrected chi connectivity index (χ2v) is 6.24. The van der Waals surface area contributed by atoms with Crippen molar-refractivity contribution < 1.29 is 4.79 Å². The Labute approximate surface area is 122 Å². The SMILES string of the molecule is CC(C)CN(CCCN)C(=O)C1(c2ccccc2)CC1. The van der Waals surface area contributed by atoms with E-state index in [0.717, 1.165) is 32.4 Å². The van der Waals surface area contributed by atoms with Gasteiger partial charge in [-0.15, -0.1) is 0 Å². The lowest BCUT2D eigenvalue weighted by atomic mass is 9.94. The zero-order valence-corrected chi connectivity index (χ0v) is 12.6. The van der Waals surface area contributed by atoms with E-state index in [0.29, 0.717) is 18.4 Å². The van der Waals surface area contributed by atoms with Crippen molar-refractivity contribution in [2.45, 2.75) is 38.5 Å². The number of amides is 1. The molecule has 0 aliphatic heterocycles. The maximum absolute atomic E-state index is 13.0. The van der Waals surface area contributed by atoms with Crippen molar-refractivity contribution in [3.05, 3.63) is 35.9 Å². The van der Waals surface area contributed by atoms with Crippen LogP contribution in [0, 0.1) is 5.92 Å². The number of carbonyl (C=O) groups excluding carboxylic acids is 1. The van der Waals surface area contributed by atoms with Gasteiger partial charge in [-0.2, -0.15) is 0 Å². The monoisotopic (exact) mass is 274 g/mol. The van der Waals surface area contributed by atoms with E-state index in [1.54, 1.807) is 0 Å². The van der Waals surface area contributed by atoms with Crippen molar-refractivity contribution >= 4 is 5.91 Å². The molecule has 0 spiro atoms. The first-order valence-electron chi connectivity index (χ1n) is 7.65. The average molecular weight is 274 g/mol. The second kappa shape index (κ2) is 6.40. The van der Waals surface area contributed by atoms with Crippen molar-refractivity contribution in [2.24, 2.45) is 11.7 Å². The van der Waals surface area contributed by atoms with Crippen LogP contribution in [0.5, 0.6) is 0 Å². The number of rotatable bonds is 7. The molecular formula is C17H26N2O. The summed E-state index contributed by atoms with van der Waals surface area (Å²) in [6, 6.07) is 10.2. The molecule has 2 rings (SSSR count). The molecule has 20 heavy (non-hydrogen) atoms. The molecule has 3 nitrogen and oxygen atoms in total. The molecule has 0 aromatic heterocycles. The van der Waals surface area contributed by atoms with Gasteiger partial charge >= 0.3 is 0 Å². The van der Waals surface area contributed by atoms with Gasteiger partial charge in [0.15, 0.2) is 0 Å². The summed E-state index contributed by atoms with van der Waals surface area (Å²) in [7, 11) is 0. The van der Waals surface area contributed by atoms with Gasteiger partial charge in [-0.05, 0) is 37.3 Å². The molecule has 0 radical (unpaired) electrons. The maximum atomic E-state index is 13.0. The lowest BCUT2D eigenvalue weighted by Crippen LogP contribution is -2.42. The Kier molecular flexibility index (Phi) is 4.81. The third kappa shape index (κ3) is 3.21. The summed E-state index contributed by atoms with van der Waals surface area (Å²) in [5.41, 5.74) is 6.53. The molecule has 0 unspecified atom stereocenters. The molecular weight excluding hydrogens is 248 g/mol. The third-order valence-corrected chi connectivity index (χ3v) is 3.99. The number of nitrogens with zero attached hydrogens (tertiary/aromatic N) is 1. The van der Waals surface area contributed by atoms with Crippen LogP contribution in [0.15, 0.2) is 30.3 Å². The minimum Gasteiger partial charge on any atom is -0.342 e. The minimum atomic E-state index is -0.245. The minimum absolute atomic E-state index is 0.245. The lowest BCUT2D eigenvalue weighted by molar-refractivity contribution is -0.134. The predicted octanol–water partition coefficient (Wildman–Crippen LogP) is 2.55. The molecule has 3 heteroatoms. The van der Waals surface area contributed by atoms with E-state index in [1.807, 2.05) is 23.1 Å². The highest BCUT2D eigenvalue weighted by molar-refractivity contribution is 5.91. The summed E-state index contributed by atoms with van der Waals surface area (Å²) in [6.07, 6.45) is 2.84. The third-order valence-electron chi connectivity index (χ3n) is 3.99. The number of carbonyl (C=O) groups is 1. The highest BCUT2D eigenvalue weighted by atomic mass is 16.2. The van der Waals surface area contributed by atoms with E-state index >= 15 is 0 Å². The van der Waals surface area contributed by atoms with E-state index in [9.17, 15) is 4.79 Å². The standard InChI is InChI=1S/C17H26N2O/c1-14(2)13-19(12-6-11-18)16(20)17(9-10-17)15-7-4-3-5-8-15/h3-5,7-8,14H,6,9-13,18H2,1-2H3. The van der Waals surface area contributed by atoms with E-state index < -0.39 is 0 Å². The molecule has 1 fully saturated rings. The Hall–Kier alpha value is -1.35. The van der Waals surface area contributed by atoms with E-state index in [1.165, 1.54) is 5.56 Å². The first-order valence-corrected chi connectivity index (χ1v) is 7.65. The Morgan fingerprint density at radius 3 is 2.45 bits per heavy atom. The molecule has 0 bridgehead atoms. The van der Waals surface area contributed by atoms with Crippen LogP contribution in [0.1, 0.15) is 38.7 Å². The van der Waals surface area contributed by atoms with E-state index in [2.05, 4.69) is 26.0 Å². The van der Waals surface area contributed by atoms with Crippen LogP contribution < -0.4 is 5.73 Å². The van der Waals surface area contributed by atoms with Gasteiger partial charge in [-0.1, -0.05) is 44.2 Å². The normalized spacial score (nSPS) is 16.2. The van der Waals surface area contributed by atoms with Crippen molar-refractivity contribution in [3.8, 4) is 0 Å². The molecule has 1 aliphatic carbocycles. The fraction of sp³-hybridized carbons (Fsp3) is 0.588. The van der Waals surface area contributed by atoms with Crippen molar-refractivity contribution in [2.75, 3.05) is 19.6 Å². The van der Waals surface area contributed by atoms with Crippen LogP contribution in [-0.4, -0.2) is 30.4 Å². The van der Waals surface area contributed by atoms with Gasteiger partial charge in [-0.3, -0.25) is 4.79 Å². The fourth-order valence-electron chi connectivity index (χ4n) is 2.81. The van der Waals surface area contributed by atoms with Crippen LogP contribution >= 0.6 is 0 Å². The number of hydrogen-bond donors (Lipinski definition) is 1. The summed E-state index contributed by atoms with van der Waals surface area (Å²) in [4.78, 5) is 15.0. The van der Waals surface area contributed by atoms with E-state index in [4.69, 9.17) is 5.73 Å². The number of benzene rings is 1. The highest BCUT2D eigenvalue weighted by Gasteiger charge is 2.52. The maximum Gasteiger partial charge on any atom is 0.233 e. The van der Waals surface area contributed by atoms with Crippen molar-refractivity contribution in [1.29, 1.82) is 0 Å². The topological polar surface area (TPSA) is 46.3 Å². The average Bonchev–Trinajstić information content (AvgIpc) is 3.25. The lowest BCUT2D eigenvalue weighted by Gasteiger charge is -2.29. The number of hydrogen-bond acceptors (Lipinski definition) is 2. The first-order chi connectivity index (χ1) is 9.60. The summed E-state index contributed by atoms with van der Waals surface area (Å²) in [5.74, 6) is 0.786. The number of nitrogens with two attached hydrogens (primary N) is 1. The zero-order valence-electron chi connectivity index (χ0n) is 12.6. The van der Waals surface area contributed by atoms with Crippen LogP contribution in [-0.2, 0) is 10.2 Å². The van der Waals surface area contributed by atoms with Crippen LogP contribution in [0.3, 0.4) is 0 Å². The summed E-state index contributed by atoms with van der Waals surface area (Å²) < 4.78 is 0. The van der Waals surface area contributed by atoms with Gasteiger partial charge in [0.25, 0.3) is 0 Å². The zero-order chi connectivity index (χ0) is 14.6. The van der Waals surface area contributed by atoms with Gasteiger partial charge in [-0.25, -0.2) is 0 Å². The Balaban J connectivity index is 2.14. The van der Waals surface area contributed by atoms with Gasteiger partial charge in [0.1, 0.15) is 0 Å². The predicted molar refractivity (Wildman–Crippen MR) is 82.4 cm³/mol. The molecule has 110 valence electrons. The van der Waals surface area contributed by atoms with Crippen LogP contribution in [0.2, 0.25) is 0 Å². The largest absolute Gasteiger partial charge is 0.342 e. The summed E-state index contributed by atoms with van der Waals surface area (Å²) in [6.45, 7) is 6.56. The summed E-state index contributed by atoms with van der Waals surface area (Å²) in [5, 5.41) is 0. The highest BCUT2D eigenvalue weighted by Crippen LogP contribution is 2.49. The fourth-order valence-corrected chi connectivity index (χ4v) is 2.81. The van der Waals surface area contributed by atoms with Gasteiger partial charge in [0.2, 0.25) is 5.91 Å². The van der Waals surface area contributed by atoms with Crippen molar-refractivity contribution in [1.82, 2.24) is 4.90 Å². The quantitative estimate of drug-likeness (QED) is 0.830. The molecule has 0 atom stereocenters. The molecule has 0 heterocycles. The van der Waals surface area contributed by atoms with Crippen LogP contribution in [0.25, 0.3) is 0 Å². The molecule has 1 aromatic carbocycles. The van der Waals surface area contributed by atoms with E-state index in [-0.39, 0.29) is 5.41 Å². The summed E-state index contributed by atoms with van der Waals surface area (Å²) >= 11 is 0. The molecule has 2 N–H and O–H groups in total. The van der Waals surface area contributed by atoms with Gasteiger partial charge in [0, 0.05) is 13.1 Å². The van der Waals surface area contributed by atoms with Gasteiger partial charge in [0.05, 0.1) is 5.41 Å². The Morgan fingerprint density at radius 2 is 1.95 bits per heavy atom. The Morgan fingerprint density at radius 1 is 1.30 bits per heavy atom. The van der Waals surface area contributed by atoms with Gasteiger partial charge < -0.3 is 10.6 Å². The first kappa shape index (κ1) is 15.0. The van der Waals surface area contributed by atoms with Crippen LogP contribution in [0.4, 0.5) is 0 Å². The Bertz CT molecular complexity index is 438. The molecule has 1 saturated carbocycles. The molecule has 1 aliphatic rings. The smallest absolute Gasteiger partial charge is 0.233 e. The molecule has 1 amide bonds. The van der Waals surface area contributed by atoms with Crippen molar-refractivity contribution in [3.63, 3.8) is 0 Å². The molecule has 0 saturated heterocycles. The molecule has 1 aromatic rings. The second-order valence-electron chi connectivity index (χ2n) is 6.24.